The van der Waals surface area contributed by atoms with Crippen LogP contribution in [0.1, 0.15) is 38.5 Å². The Balaban J connectivity index is 1.87. The summed E-state index contributed by atoms with van der Waals surface area (Å²) in [5, 5.41) is 0. The quantitative estimate of drug-likeness (QED) is 0.762. The van der Waals surface area contributed by atoms with E-state index in [1.165, 1.54) is 19.3 Å². The third-order valence-corrected chi connectivity index (χ3v) is 5.28. The minimum Gasteiger partial charge on any atom is -0.196 e. The van der Waals surface area contributed by atoms with Gasteiger partial charge >= 0.3 is 0 Å². The van der Waals surface area contributed by atoms with Crippen LogP contribution in [0, 0.1) is 17.8 Å². The summed E-state index contributed by atoms with van der Waals surface area (Å²) in [5.74, 6) is 2.21. The molecule has 0 aromatic heterocycles. The van der Waals surface area contributed by atoms with Crippen LogP contribution in [0.25, 0.3) is 0 Å². The number of hydrogen-bond acceptors (Lipinski definition) is 2. The number of hydrogen-bond donors (Lipinski definition) is 1. The van der Waals surface area contributed by atoms with Crippen LogP contribution < -0.4 is 4.72 Å². The minimum absolute atomic E-state index is 0.185. The van der Waals surface area contributed by atoms with Crippen molar-refractivity contribution in [2.75, 3.05) is 0 Å². The Labute approximate surface area is 95.1 Å². The van der Waals surface area contributed by atoms with Gasteiger partial charge in [0, 0.05) is 16.2 Å². The second-order valence-corrected chi connectivity index (χ2v) is 8.04. The molecule has 86 valence electrons. The van der Waals surface area contributed by atoms with Gasteiger partial charge in [-0.2, -0.15) is 13.1 Å². The maximum absolute atomic E-state index is 11.2. The SMILES string of the molecule is O=S(=O)(Cl)NC12CC3CC(CC(C3)C1)C2. The lowest BCUT2D eigenvalue weighted by atomic mass is 9.53. The van der Waals surface area contributed by atoms with Crippen molar-refractivity contribution >= 4 is 19.9 Å². The first kappa shape index (κ1) is 10.4. The van der Waals surface area contributed by atoms with Gasteiger partial charge in [-0.15, -0.1) is 0 Å². The molecule has 15 heavy (non-hydrogen) atoms. The van der Waals surface area contributed by atoms with Gasteiger partial charge in [0.2, 0.25) is 0 Å². The second-order valence-electron chi connectivity index (χ2n) is 5.74. The normalized spacial score (nSPS) is 48.5. The van der Waals surface area contributed by atoms with Gasteiger partial charge in [-0.05, 0) is 56.3 Å². The maximum Gasteiger partial charge on any atom is 0.297 e. The van der Waals surface area contributed by atoms with Crippen molar-refractivity contribution in [1.29, 1.82) is 0 Å². The van der Waals surface area contributed by atoms with Gasteiger partial charge in [-0.25, -0.2) is 0 Å². The first-order chi connectivity index (χ1) is 6.94. The predicted molar refractivity (Wildman–Crippen MR) is 58.8 cm³/mol. The third kappa shape index (κ3) is 1.92. The van der Waals surface area contributed by atoms with E-state index in [9.17, 15) is 8.42 Å². The maximum atomic E-state index is 11.2. The Morgan fingerprint density at radius 1 is 1.00 bits per heavy atom. The first-order valence-corrected chi connectivity index (χ1v) is 7.99. The van der Waals surface area contributed by atoms with Gasteiger partial charge < -0.3 is 0 Å². The van der Waals surface area contributed by atoms with E-state index >= 15 is 0 Å². The fourth-order valence-corrected chi connectivity index (χ4v) is 5.75. The van der Waals surface area contributed by atoms with Crippen LogP contribution in [0.5, 0.6) is 0 Å². The molecular weight excluding hydrogens is 234 g/mol. The highest BCUT2D eigenvalue weighted by atomic mass is 35.7. The van der Waals surface area contributed by atoms with Crippen LogP contribution >= 0.6 is 10.7 Å². The van der Waals surface area contributed by atoms with Crippen LogP contribution in [-0.4, -0.2) is 14.0 Å². The minimum atomic E-state index is -3.56. The lowest BCUT2D eigenvalue weighted by molar-refractivity contribution is -0.00781. The fraction of sp³-hybridized carbons (Fsp3) is 1.00. The average Bonchev–Trinajstić information content (AvgIpc) is 1.94. The van der Waals surface area contributed by atoms with Crippen LogP contribution in [0.3, 0.4) is 0 Å². The summed E-state index contributed by atoms with van der Waals surface area (Å²) in [6.07, 6.45) is 6.94. The predicted octanol–water partition coefficient (Wildman–Crippen LogP) is 2.03. The zero-order valence-corrected chi connectivity index (χ0v) is 10.1. The Morgan fingerprint density at radius 3 is 1.73 bits per heavy atom. The van der Waals surface area contributed by atoms with E-state index in [1.54, 1.807) is 0 Å². The van der Waals surface area contributed by atoms with Gasteiger partial charge in [-0.1, -0.05) is 0 Å². The molecule has 0 unspecified atom stereocenters. The number of rotatable bonds is 2. The summed E-state index contributed by atoms with van der Waals surface area (Å²) in [4.78, 5) is 0. The molecule has 0 aromatic carbocycles. The average molecular weight is 250 g/mol. The Kier molecular flexibility index (Phi) is 2.15. The summed E-state index contributed by atoms with van der Waals surface area (Å²) < 4.78 is 25.0. The molecule has 0 heterocycles. The molecule has 3 nitrogen and oxygen atoms in total. The van der Waals surface area contributed by atoms with Gasteiger partial charge in [0.1, 0.15) is 0 Å². The molecule has 0 spiro atoms. The standard InChI is InChI=1S/C10H16ClNO2S/c11-15(13,14)12-10-4-7-1-8(5-10)3-9(2-7)6-10/h7-9,12H,1-6H2. The van der Waals surface area contributed by atoms with E-state index in [2.05, 4.69) is 4.72 Å². The molecule has 5 heteroatoms. The van der Waals surface area contributed by atoms with Crippen LogP contribution in [-0.2, 0) is 9.24 Å². The molecule has 4 saturated carbocycles. The molecule has 4 aliphatic rings. The fourth-order valence-electron chi connectivity index (χ4n) is 4.49. The van der Waals surface area contributed by atoms with E-state index in [4.69, 9.17) is 10.7 Å². The van der Waals surface area contributed by atoms with Crippen molar-refractivity contribution in [3.05, 3.63) is 0 Å². The Morgan fingerprint density at radius 2 is 1.40 bits per heavy atom. The molecule has 0 atom stereocenters. The Bertz CT molecular complexity index is 344. The van der Waals surface area contributed by atoms with Crippen molar-refractivity contribution < 1.29 is 8.42 Å². The zero-order chi connectivity index (χ0) is 10.7. The van der Waals surface area contributed by atoms with Crippen LogP contribution in [0.15, 0.2) is 0 Å². The van der Waals surface area contributed by atoms with E-state index in [0.29, 0.717) is 0 Å². The highest BCUT2D eigenvalue weighted by Gasteiger charge is 2.52. The molecule has 1 N–H and O–H groups in total. The van der Waals surface area contributed by atoms with Crippen molar-refractivity contribution in [2.24, 2.45) is 17.8 Å². The molecule has 4 aliphatic carbocycles. The highest BCUT2D eigenvalue weighted by molar-refractivity contribution is 8.12. The van der Waals surface area contributed by atoms with E-state index in [0.717, 1.165) is 37.0 Å². The molecule has 0 aliphatic heterocycles. The second kappa shape index (κ2) is 3.11. The van der Waals surface area contributed by atoms with E-state index < -0.39 is 9.24 Å². The summed E-state index contributed by atoms with van der Waals surface area (Å²) in [7, 11) is 1.77. The summed E-state index contributed by atoms with van der Waals surface area (Å²) in [6.45, 7) is 0. The first-order valence-electron chi connectivity index (χ1n) is 5.68. The van der Waals surface area contributed by atoms with Crippen molar-refractivity contribution in [1.82, 2.24) is 4.72 Å². The number of nitrogens with one attached hydrogen (secondary N) is 1. The topological polar surface area (TPSA) is 46.2 Å². The lowest BCUT2D eigenvalue weighted by Gasteiger charge is -2.56. The molecular formula is C10H16ClNO2S. The van der Waals surface area contributed by atoms with Gasteiger partial charge in [-0.3, -0.25) is 0 Å². The molecule has 0 radical (unpaired) electrons. The zero-order valence-electron chi connectivity index (χ0n) is 8.58. The van der Waals surface area contributed by atoms with Crippen molar-refractivity contribution in [3.8, 4) is 0 Å². The molecule has 4 fully saturated rings. The van der Waals surface area contributed by atoms with Crippen LogP contribution in [0.4, 0.5) is 0 Å². The van der Waals surface area contributed by atoms with E-state index in [1.807, 2.05) is 0 Å². The monoisotopic (exact) mass is 249 g/mol. The van der Waals surface area contributed by atoms with Crippen molar-refractivity contribution in [2.45, 2.75) is 44.1 Å². The molecule has 0 saturated heterocycles. The molecule has 4 rings (SSSR count). The van der Waals surface area contributed by atoms with Gasteiger partial charge in [0.25, 0.3) is 9.24 Å². The van der Waals surface area contributed by atoms with Gasteiger partial charge in [0.05, 0.1) is 0 Å². The van der Waals surface area contributed by atoms with E-state index in [-0.39, 0.29) is 5.54 Å². The lowest BCUT2D eigenvalue weighted by Crippen LogP contribution is -2.58. The summed E-state index contributed by atoms with van der Waals surface area (Å²) in [5.41, 5.74) is -0.185. The molecule has 4 bridgehead atoms. The van der Waals surface area contributed by atoms with Crippen molar-refractivity contribution in [3.63, 3.8) is 0 Å². The van der Waals surface area contributed by atoms with Crippen LogP contribution in [0.2, 0.25) is 0 Å². The molecule has 0 aromatic rings. The van der Waals surface area contributed by atoms with Gasteiger partial charge in [0.15, 0.2) is 0 Å². The largest absolute Gasteiger partial charge is 0.297 e. The molecule has 0 amide bonds. The highest BCUT2D eigenvalue weighted by Crippen LogP contribution is 2.55. The number of halogens is 1. The summed E-state index contributed by atoms with van der Waals surface area (Å²) >= 11 is 0. The summed E-state index contributed by atoms with van der Waals surface area (Å²) in [6, 6.07) is 0. The third-order valence-electron chi connectivity index (χ3n) is 4.38. The Hall–Kier alpha value is 0.200. The smallest absolute Gasteiger partial charge is 0.196 e.